The van der Waals surface area contributed by atoms with Gasteiger partial charge in [-0.2, -0.15) is 0 Å². The third kappa shape index (κ3) is 4.44. The predicted octanol–water partition coefficient (Wildman–Crippen LogP) is 4.00. The number of piperidine rings is 1. The Bertz CT molecular complexity index is 1200. The molecule has 0 radical (unpaired) electrons. The van der Waals surface area contributed by atoms with Crippen LogP contribution in [-0.4, -0.2) is 19.0 Å². The Morgan fingerprint density at radius 2 is 1.66 bits per heavy atom. The second kappa shape index (κ2) is 8.99. The van der Waals surface area contributed by atoms with E-state index < -0.39 is 5.43 Å². The van der Waals surface area contributed by atoms with Crippen LogP contribution in [0.1, 0.15) is 46.8 Å². The zero-order valence-electron chi connectivity index (χ0n) is 18.8. The van der Waals surface area contributed by atoms with E-state index in [1.165, 1.54) is 5.56 Å². The zero-order valence-corrected chi connectivity index (χ0v) is 18.8. The van der Waals surface area contributed by atoms with Crippen molar-refractivity contribution in [3.8, 4) is 0 Å². The molecule has 32 heavy (non-hydrogen) atoms. The first-order valence-corrected chi connectivity index (χ1v) is 11.1. The van der Waals surface area contributed by atoms with Crippen LogP contribution in [-0.2, 0) is 6.54 Å². The van der Waals surface area contributed by atoms with E-state index in [-0.39, 0.29) is 11.3 Å². The maximum absolute atomic E-state index is 12.5. The van der Waals surface area contributed by atoms with Crippen LogP contribution in [0.3, 0.4) is 0 Å². The fraction of sp³-hybridized carbons (Fsp3) is 0.346. The molecule has 1 saturated heterocycles. The SMILES string of the molecule is Cc1ccc(NC(=O)c2ccc(CNc3c(N4CCC(C)CC4)c(=O)c3=O)cc2)cc1C. The van der Waals surface area contributed by atoms with Gasteiger partial charge in [-0.1, -0.05) is 25.1 Å². The van der Waals surface area contributed by atoms with Crippen LogP contribution < -0.4 is 26.4 Å². The standard InChI is InChI=1S/C26H29N3O3/c1-16-10-12-29(13-11-16)23-22(24(30)25(23)31)27-15-19-5-7-20(8-6-19)26(32)28-21-9-4-17(2)18(3)14-21/h4-9,14,16,27H,10-13,15H2,1-3H3,(H,28,32). The molecule has 0 spiro atoms. The first-order chi connectivity index (χ1) is 15.3. The van der Waals surface area contributed by atoms with Gasteiger partial charge in [0.15, 0.2) is 0 Å². The highest BCUT2D eigenvalue weighted by Gasteiger charge is 2.28. The number of rotatable bonds is 6. The van der Waals surface area contributed by atoms with Gasteiger partial charge in [0.2, 0.25) is 0 Å². The fourth-order valence-electron chi connectivity index (χ4n) is 4.06. The van der Waals surface area contributed by atoms with E-state index in [4.69, 9.17) is 0 Å². The van der Waals surface area contributed by atoms with Gasteiger partial charge < -0.3 is 15.5 Å². The number of benzene rings is 2. The molecule has 1 aliphatic heterocycles. The molecule has 2 N–H and O–H groups in total. The summed E-state index contributed by atoms with van der Waals surface area (Å²) in [6.45, 7) is 8.30. The van der Waals surface area contributed by atoms with Gasteiger partial charge >= 0.3 is 0 Å². The molecule has 166 valence electrons. The molecule has 0 atom stereocenters. The van der Waals surface area contributed by atoms with Crippen molar-refractivity contribution >= 4 is 23.0 Å². The second-order valence-corrected chi connectivity index (χ2v) is 8.86. The number of carbonyl (C=O) groups is 1. The molecule has 6 heteroatoms. The smallest absolute Gasteiger partial charge is 0.255 e. The first kappa shape index (κ1) is 21.8. The Morgan fingerprint density at radius 1 is 0.969 bits per heavy atom. The van der Waals surface area contributed by atoms with Crippen LogP contribution in [0.4, 0.5) is 17.1 Å². The van der Waals surface area contributed by atoms with E-state index in [9.17, 15) is 14.4 Å². The largest absolute Gasteiger partial charge is 0.376 e. The lowest BCUT2D eigenvalue weighted by Gasteiger charge is -2.33. The quantitative estimate of drug-likeness (QED) is 0.577. The van der Waals surface area contributed by atoms with E-state index in [1.807, 2.05) is 49.1 Å². The molecule has 4 rings (SSSR count). The molecule has 0 unspecified atom stereocenters. The molecule has 1 amide bonds. The summed E-state index contributed by atoms with van der Waals surface area (Å²) in [6.07, 6.45) is 2.06. The first-order valence-electron chi connectivity index (χ1n) is 11.1. The minimum Gasteiger partial charge on any atom is -0.376 e. The summed E-state index contributed by atoms with van der Waals surface area (Å²) in [4.78, 5) is 38.8. The molecule has 1 heterocycles. The summed E-state index contributed by atoms with van der Waals surface area (Å²) < 4.78 is 0. The van der Waals surface area contributed by atoms with E-state index in [0.29, 0.717) is 29.4 Å². The molecule has 3 aromatic carbocycles. The maximum atomic E-state index is 12.5. The highest BCUT2D eigenvalue weighted by atomic mass is 16.2. The van der Waals surface area contributed by atoms with Crippen molar-refractivity contribution in [3.05, 3.63) is 85.2 Å². The fourth-order valence-corrected chi connectivity index (χ4v) is 4.06. The normalized spacial score (nSPS) is 14.5. The summed E-state index contributed by atoms with van der Waals surface area (Å²) in [5.41, 5.74) is 4.68. The lowest BCUT2D eigenvalue weighted by molar-refractivity contribution is 0.102. The van der Waals surface area contributed by atoms with E-state index in [1.54, 1.807) is 12.1 Å². The minimum absolute atomic E-state index is 0.170. The van der Waals surface area contributed by atoms with Gasteiger partial charge in [-0.05, 0) is 73.6 Å². The molecule has 0 saturated carbocycles. The molecule has 6 nitrogen and oxygen atoms in total. The molecule has 1 aliphatic rings. The van der Waals surface area contributed by atoms with Gasteiger partial charge in [-0.3, -0.25) is 14.4 Å². The summed E-state index contributed by atoms with van der Waals surface area (Å²) in [5.74, 6) is 0.483. The van der Waals surface area contributed by atoms with E-state index in [0.717, 1.165) is 42.7 Å². The second-order valence-electron chi connectivity index (χ2n) is 8.86. The summed E-state index contributed by atoms with van der Waals surface area (Å²) in [5, 5.41) is 6.06. The highest BCUT2D eigenvalue weighted by molar-refractivity contribution is 6.04. The van der Waals surface area contributed by atoms with Crippen LogP contribution in [0.15, 0.2) is 52.1 Å². The molecular weight excluding hydrogens is 402 g/mol. The number of carbonyl (C=O) groups excluding carboxylic acids is 1. The van der Waals surface area contributed by atoms with Crippen LogP contribution in [0.25, 0.3) is 0 Å². The highest BCUT2D eigenvalue weighted by Crippen LogP contribution is 2.26. The van der Waals surface area contributed by atoms with Gasteiger partial charge in [0.1, 0.15) is 11.4 Å². The topological polar surface area (TPSA) is 78.5 Å². The number of hydrogen-bond acceptors (Lipinski definition) is 5. The summed E-state index contributed by atoms with van der Waals surface area (Å²) >= 11 is 0. The van der Waals surface area contributed by atoms with Crippen LogP contribution in [0, 0.1) is 19.8 Å². The summed E-state index contributed by atoms with van der Waals surface area (Å²) in [7, 11) is 0. The number of nitrogens with one attached hydrogen (secondary N) is 2. The Morgan fingerprint density at radius 3 is 2.31 bits per heavy atom. The maximum Gasteiger partial charge on any atom is 0.255 e. The summed E-state index contributed by atoms with van der Waals surface area (Å²) in [6, 6.07) is 13.1. The van der Waals surface area contributed by atoms with Crippen molar-refractivity contribution < 1.29 is 4.79 Å². The number of aryl methyl sites for hydroxylation is 2. The van der Waals surface area contributed by atoms with Crippen molar-refractivity contribution in [2.45, 2.75) is 40.2 Å². The molecular formula is C26H29N3O3. The molecule has 0 aliphatic carbocycles. The van der Waals surface area contributed by atoms with Crippen LogP contribution >= 0.6 is 0 Å². The molecule has 0 aromatic heterocycles. The number of amides is 1. The molecule has 0 bridgehead atoms. The average molecular weight is 432 g/mol. The van der Waals surface area contributed by atoms with E-state index >= 15 is 0 Å². The van der Waals surface area contributed by atoms with Crippen molar-refractivity contribution in [3.63, 3.8) is 0 Å². The van der Waals surface area contributed by atoms with Crippen molar-refractivity contribution in [2.75, 3.05) is 28.6 Å². The van der Waals surface area contributed by atoms with Gasteiger partial charge in [-0.15, -0.1) is 0 Å². The van der Waals surface area contributed by atoms with Crippen molar-refractivity contribution in [1.29, 1.82) is 0 Å². The van der Waals surface area contributed by atoms with Crippen LogP contribution in [0.5, 0.6) is 0 Å². The monoisotopic (exact) mass is 431 g/mol. The average Bonchev–Trinajstić information content (AvgIpc) is 2.79. The third-order valence-corrected chi connectivity index (χ3v) is 6.44. The zero-order chi connectivity index (χ0) is 22.8. The number of hydrogen-bond donors (Lipinski definition) is 2. The van der Waals surface area contributed by atoms with Gasteiger partial charge in [0, 0.05) is 30.9 Å². The number of anilines is 3. The Kier molecular flexibility index (Phi) is 6.12. The van der Waals surface area contributed by atoms with E-state index in [2.05, 4.69) is 17.6 Å². The van der Waals surface area contributed by atoms with Crippen molar-refractivity contribution in [2.24, 2.45) is 5.92 Å². The van der Waals surface area contributed by atoms with Crippen molar-refractivity contribution in [1.82, 2.24) is 0 Å². The Hall–Kier alpha value is -3.41. The predicted molar refractivity (Wildman–Crippen MR) is 130 cm³/mol. The van der Waals surface area contributed by atoms with Gasteiger partial charge in [-0.25, -0.2) is 0 Å². The number of nitrogens with zero attached hydrogens (tertiary/aromatic N) is 1. The molecule has 3 aromatic rings. The van der Waals surface area contributed by atoms with Crippen LogP contribution in [0.2, 0.25) is 0 Å². The lowest BCUT2D eigenvalue weighted by Crippen LogP contribution is -2.45. The lowest BCUT2D eigenvalue weighted by atomic mass is 9.98. The van der Waals surface area contributed by atoms with Gasteiger partial charge in [0.25, 0.3) is 16.8 Å². The Labute approximate surface area is 188 Å². The van der Waals surface area contributed by atoms with Gasteiger partial charge in [0.05, 0.1) is 0 Å². The third-order valence-electron chi connectivity index (χ3n) is 6.44. The molecule has 1 fully saturated rings. The Balaban J connectivity index is 1.38. The minimum atomic E-state index is -0.442.